The second kappa shape index (κ2) is 7.77. The fraction of sp³-hybridized carbons (Fsp3) is 0.600. The third-order valence-electron chi connectivity index (χ3n) is 3.12. The minimum Gasteiger partial charge on any atom is -0.368 e. The van der Waals surface area contributed by atoms with E-state index in [1.807, 2.05) is 26.0 Å². The normalized spacial score (nSPS) is 10.8. The summed E-state index contributed by atoms with van der Waals surface area (Å²) in [4.78, 5) is 16.3. The van der Waals surface area contributed by atoms with Crippen LogP contribution in [0.15, 0.2) is 18.2 Å². The molecule has 0 bridgehead atoms. The van der Waals surface area contributed by atoms with E-state index < -0.39 is 0 Å². The summed E-state index contributed by atoms with van der Waals surface area (Å²) in [6.45, 7) is 9.09. The molecule has 0 radical (unpaired) electrons. The van der Waals surface area contributed by atoms with Gasteiger partial charge in [0.1, 0.15) is 11.5 Å². The van der Waals surface area contributed by atoms with Crippen molar-refractivity contribution in [2.45, 2.75) is 46.6 Å². The fourth-order valence-electron chi connectivity index (χ4n) is 1.84. The molecule has 1 heterocycles. The van der Waals surface area contributed by atoms with E-state index >= 15 is 0 Å². The van der Waals surface area contributed by atoms with Gasteiger partial charge in [0.05, 0.1) is 0 Å². The van der Waals surface area contributed by atoms with E-state index in [4.69, 9.17) is 0 Å². The number of anilines is 1. The summed E-state index contributed by atoms with van der Waals surface area (Å²) >= 11 is 0. The molecule has 0 aliphatic carbocycles. The quantitative estimate of drug-likeness (QED) is 0.795. The Labute approximate surface area is 116 Å². The second-order valence-electron chi connectivity index (χ2n) is 5.10. The molecule has 1 amide bonds. The minimum absolute atomic E-state index is 0.0979. The van der Waals surface area contributed by atoms with Crippen LogP contribution in [0.25, 0.3) is 0 Å². The molecule has 1 aromatic heterocycles. The van der Waals surface area contributed by atoms with Crippen LogP contribution in [0, 0.1) is 5.92 Å². The molecule has 0 spiro atoms. The number of nitrogens with zero attached hydrogens (tertiary/aromatic N) is 1. The molecule has 0 saturated carbocycles. The number of rotatable bonds is 7. The highest BCUT2D eigenvalue weighted by Crippen LogP contribution is 2.08. The predicted octanol–water partition coefficient (Wildman–Crippen LogP) is 3.07. The van der Waals surface area contributed by atoms with Crippen molar-refractivity contribution < 1.29 is 4.79 Å². The molecule has 0 aromatic carbocycles. The molecular weight excluding hydrogens is 238 g/mol. The van der Waals surface area contributed by atoms with Gasteiger partial charge in [-0.2, -0.15) is 0 Å². The van der Waals surface area contributed by atoms with Crippen LogP contribution in [0.2, 0.25) is 0 Å². The Morgan fingerprint density at radius 1 is 1.26 bits per heavy atom. The van der Waals surface area contributed by atoms with Crippen LogP contribution in [0.5, 0.6) is 0 Å². The van der Waals surface area contributed by atoms with Crippen molar-refractivity contribution in [1.29, 1.82) is 0 Å². The Balaban J connectivity index is 2.61. The van der Waals surface area contributed by atoms with Crippen LogP contribution in [-0.2, 0) is 0 Å². The fourth-order valence-corrected chi connectivity index (χ4v) is 1.84. The molecule has 1 rings (SSSR count). The molecule has 0 unspecified atom stereocenters. The van der Waals surface area contributed by atoms with Crippen molar-refractivity contribution in [3.63, 3.8) is 0 Å². The van der Waals surface area contributed by atoms with Crippen LogP contribution in [0.1, 0.15) is 51.0 Å². The van der Waals surface area contributed by atoms with Crippen molar-refractivity contribution in [2.75, 3.05) is 11.9 Å². The van der Waals surface area contributed by atoms with Gasteiger partial charge in [-0.1, -0.05) is 32.8 Å². The number of nitrogens with one attached hydrogen (secondary N) is 2. The topological polar surface area (TPSA) is 54.0 Å². The first kappa shape index (κ1) is 15.5. The maximum absolute atomic E-state index is 12.0. The average molecular weight is 263 g/mol. The molecule has 0 aliphatic rings. The Bertz CT molecular complexity index is 400. The molecule has 4 nitrogen and oxygen atoms in total. The van der Waals surface area contributed by atoms with Crippen LogP contribution in [0.3, 0.4) is 0 Å². The molecule has 0 fully saturated rings. The molecule has 0 saturated heterocycles. The Morgan fingerprint density at radius 2 is 1.95 bits per heavy atom. The summed E-state index contributed by atoms with van der Waals surface area (Å²) in [7, 11) is 0. The lowest BCUT2D eigenvalue weighted by Gasteiger charge is -2.14. The van der Waals surface area contributed by atoms with Gasteiger partial charge in [-0.15, -0.1) is 0 Å². The van der Waals surface area contributed by atoms with Crippen LogP contribution < -0.4 is 10.6 Å². The summed E-state index contributed by atoms with van der Waals surface area (Å²) in [6, 6.07) is 5.77. The lowest BCUT2D eigenvalue weighted by atomic mass is 10.0. The number of pyridine rings is 1. The molecule has 19 heavy (non-hydrogen) atoms. The monoisotopic (exact) mass is 263 g/mol. The van der Waals surface area contributed by atoms with Crippen LogP contribution >= 0.6 is 0 Å². The third-order valence-corrected chi connectivity index (χ3v) is 3.12. The summed E-state index contributed by atoms with van der Waals surface area (Å²) in [5.41, 5.74) is 0.469. The lowest BCUT2D eigenvalue weighted by molar-refractivity contribution is 0.0941. The highest BCUT2D eigenvalue weighted by atomic mass is 16.1. The van der Waals surface area contributed by atoms with E-state index in [0.29, 0.717) is 17.7 Å². The van der Waals surface area contributed by atoms with Gasteiger partial charge < -0.3 is 10.6 Å². The van der Waals surface area contributed by atoms with Gasteiger partial charge in [0.25, 0.3) is 5.91 Å². The van der Waals surface area contributed by atoms with Gasteiger partial charge in [-0.3, -0.25) is 4.79 Å². The van der Waals surface area contributed by atoms with Gasteiger partial charge in [-0.05, 0) is 31.9 Å². The number of carbonyl (C=O) groups is 1. The van der Waals surface area contributed by atoms with Crippen LogP contribution in [0.4, 0.5) is 5.82 Å². The minimum atomic E-state index is -0.0979. The largest absolute Gasteiger partial charge is 0.368 e. The van der Waals surface area contributed by atoms with Gasteiger partial charge in [0, 0.05) is 12.6 Å². The van der Waals surface area contributed by atoms with Crippen molar-refractivity contribution in [3.8, 4) is 0 Å². The Hall–Kier alpha value is -1.58. The Kier molecular flexibility index (Phi) is 6.33. The zero-order valence-electron chi connectivity index (χ0n) is 12.4. The van der Waals surface area contributed by atoms with E-state index in [2.05, 4.69) is 29.5 Å². The lowest BCUT2D eigenvalue weighted by Crippen LogP contribution is -2.29. The van der Waals surface area contributed by atoms with Crippen molar-refractivity contribution >= 4 is 11.7 Å². The molecular formula is C15H25N3O. The molecule has 106 valence electrons. The number of aromatic nitrogens is 1. The zero-order chi connectivity index (χ0) is 14.3. The van der Waals surface area contributed by atoms with Gasteiger partial charge in [-0.25, -0.2) is 4.98 Å². The van der Waals surface area contributed by atoms with Gasteiger partial charge >= 0.3 is 0 Å². The molecule has 0 atom stereocenters. The van der Waals surface area contributed by atoms with Crippen molar-refractivity contribution in [1.82, 2.24) is 10.3 Å². The highest BCUT2D eigenvalue weighted by Gasteiger charge is 2.10. The number of carbonyl (C=O) groups excluding carboxylic acids is 1. The third kappa shape index (κ3) is 5.28. The number of hydrogen-bond acceptors (Lipinski definition) is 3. The zero-order valence-corrected chi connectivity index (χ0v) is 12.4. The maximum atomic E-state index is 12.0. The van der Waals surface area contributed by atoms with E-state index in [1.54, 1.807) is 6.07 Å². The number of amides is 1. The number of hydrogen-bond donors (Lipinski definition) is 2. The summed E-state index contributed by atoms with van der Waals surface area (Å²) in [5.74, 6) is 1.19. The first-order valence-corrected chi connectivity index (χ1v) is 7.08. The highest BCUT2D eigenvalue weighted by molar-refractivity contribution is 5.92. The molecule has 2 N–H and O–H groups in total. The van der Waals surface area contributed by atoms with Crippen molar-refractivity contribution in [3.05, 3.63) is 23.9 Å². The van der Waals surface area contributed by atoms with Crippen molar-refractivity contribution in [2.24, 2.45) is 5.92 Å². The summed E-state index contributed by atoms with van der Waals surface area (Å²) < 4.78 is 0. The predicted molar refractivity (Wildman–Crippen MR) is 79.4 cm³/mol. The van der Waals surface area contributed by atoms with E-state index in [1.165, 1.54) is 0 Å². The Morgan fingerprint density at radius 3 is 2.53 bits per heavy atom. The van der Waals surface area contributed by atoms with E-state index in [0.717, 1.165) is 25.2 Å². The second-order valence-corrected chi connectivity index (χ2v) is 5.10. The van der Waals surface area contributed by atoms with Gasteiger partial charge in [0.15, 0.2) is 0 Å². The standard InChI is InChI=1S/C15H25N3O/c1-5-12(6-2)10-16-15(19)13-8-7-9-14(18-13)17-11(3)4/h7-9,11-12H,5-6,10H2,1-4H3,(H,16,19)(H,17,18). The average Bonchev–Trinajstić information content (AvgIpc) is 2.39. The SMILES string of the molecule is CCC(CC)CNC(=O)c1cccc(NC(C)C)n1. The van der Waals surface area contributed by atoms with E-state index in [9.17, 15) is 4.79 Å². The van der Waals surface area contributed by atoms with E-state index in [-0.39, 0.29) is 5.91 Å². The smallest absolute Gasteiger partial charge is 0.269 e. The summed E-state index contributed by atoms with van der Waals surface area (Å²) in [5, 5.41) is 6.15. The van der Waals surface area contributed by atoms with Gasteiger partial charge in [0.2, 0.25) is 0 Å². The maximum Gasteiger partial charge on any atom is 0.269 e. The molecule has 4 heteroatoms. The van der Waals surface area contributed by atoms with Crippen LogP contribution in [-0.4, -0.2) is 23.5 Å². The summed E-state index contributed by atoms with van der Waals surface area (Å²) in [6.07, 6.45) is 2.16. The first-order valence-electron chi connectivity index (χ1n) is 7.08. The molecule has 0 aliphatic heterocycles. The first-order chi connectivity index (χ1) is 9.06. The molecule has 1 aromatic rings.